The first-order chi connectivity index (χ1) is 21.1. The molecule has 0 saturated heterocycles. The molecule has 0 saturated carbocycles. The summed E-state index contributed by atoms with van der Waals surface area (Å²) < 4.78 is 123. The average molecular weight is 682 g/mol. The molecule has 0 aromatic heterocycles. The minimum Gasteiger partial charge on any atom is -0.467 e. The zero-order chi connectivity index (χ0) is 35.5. The first kappa shape index (κ1) is 39.4. The summed E-state index contributed by atoms with van der Waals surface area (Å²) >= 11 is 0. The third-order valence-electron chi connectivity index (χ3n) is 5.75. The van der Waals surface area contributed by atoms with Crippen LogP contribution in [-0.2, 0) is 44.7 Å². The second-order valence-corrected chi connectivity index (χ2v) is 9.29. The molecule has 0 bridgehead atoms. The number of benzene rings is 1. The number of alkyl halides is 9. The number of rotatable bonds is 14. The van der Waals surface area contributed by atoms with Crippen LogP contribution >= 0.6 is 0 Å². The molecule has 21 heteroatoms. The van der Waals surface area contributed by atoms with Gasteiger partial charge in [0, 0.05) is 13.0 Å². The Hall–Kier alpha value is -4.59. The molecule has 0 spiro atoms. The van der Waals surface area contributed by atoms with Gasteiger partial charge in [-0.2, -0.15) is 39.5 Å². The molecular weight excluding hydrogens is 655 g/mol. The van der Waals surface area contributed by atoms with Gasteiger partial charge in [0.25, 0.3) is 0 Å². The van der Waals surface area contributed by atoms with Crippen molar-refractivity contribution >= 4 is 35.6 Å². The van der Waals surface area contributed by atoms with Gasteiger partial charge in [-0.1, -0.05) is 30.3 Å². The van der Waals surface area contributed by atoms with Crippen molar-refractivity contribution < 1.29 is 77.8 Å². The summed E-state index contributed by atoms with van der Waals surface area (Å²) in [6.45, 7) is -0.192. The average Bonchev–Trinajstić information content (AvgIpc) is 2.94. The molecule has 258 valence electrons. The first-order valence-electron chi connectivity index (χ1n) is 12.8. The Morgan fingerprint density at radius 2 is 1.30 bits per heavy atom. The van der Waals surface area contributed by atoms with Gasteiger partial charge in [0.05, 0.1) is 7.11 Å². The first-order valence-corrected chi connectivity index (χ1v) is 12.8. The molecule has 0 aliphatic rings. The summed E-state index contributed by atoms with van der Waals surface area (Å²) in [6.07, 6.45) is -20.6. The van der Waals surface area contributed by atoms with Crippen molar-refractivity contribution in [2.24, 2.45) is 0 Å². The Labute approximate surface area is 253 Å². The van der Waals surface area contributed by atoms with Gasteiger partial charge in [-0.3, -0.25) is 19.2 Å². The molecule has 1 aromatic rings. The van der Waals surface area contributed by atoms with Crippen LogP contribution in [0.2, 0.25) is 0 Å². The van der Waals surface area contributed by atoms with E-state index in [2.05, 4.69) is 14.8 Å². The number of carbonyl (C=O) groups excluding carboxylic acids is 6. The van der Waals surface area contributed by atoms with Gasteiger partial charge in [0.1, 0.15) is 24.2 Å². The summed E-state index contributed by atoms with van der Waals surface area (Å²) in [5, 5.41) is 6.40. The van der Waals surface area contributed by atoms with E-state index in [1.54, 1.807) is 23.5 Å². The fourth-order valence-electron chi connectivity index (χ4n) is 3.52. The standard InChI is InChI=1S/C25H27F9N4O8/c1-12(46-22(44)25(32,33)34)16(18(40)36-15(19(41)45-2)11-13-7-4-3-5-8-13)38-17(39)14(37-21(43)24(29,30)31)9-6-10-35-20(42)23(26,27)28/h3-5,7-8,12,14-16H,6,9-11H2,1-2H3,(H,35,42)(H,36,40)(H,37,43)(H,38,39)/t12-,14+,15+,16+/m1/s1. The summed E-state index contributed by atoms with van der Waals surface area (Å²) in [4.78, 5) is 72.4. The predicted molar refractivity (Wildman–Crippen MR) is 134 cm³/mol. The second kappa shape index (κ2) is 16.6. The fraction of sp³-hybridized carbons (Fsp3) is 0.520. The molecule has 0 fully saturated rings. The maximum absolute atomic E-state index is 13.2. The van der Waals surface area contributed by atoms with Crippen molar-refractivity contribution in [1.29, 1.82) is 0 Å². The van der Waals surface area contributed by atoms with Crippen LogP contribution in [0.3, 0.4) is 0 Å². The summed E-state index contributed by atoms with van der Waals surface area (Å²) in [5.74, 6) is -12.3. The topological polar surface area (TPSA) is 169 Å². The van der Waals surface area contributed by atoms with Gasteiger partial charge < -0.3 is 30.7 Å². The van der Waals surface area contributed by atoms with E-state index < -0.39 is 97.7 Å². The Morgan fingerprint density at radius 1 is 0.739 bits per heavy atom. The van der Waals surface area contributed by atoms with Crippen molar-refractivity contribution in [2.45, 2.75) is 68.9 Å². The van der Waals surface area contributed by atoms with Gasteiger partial charge >= 0.3 is 42.3 Å². The highest BCUT2D eigenvalue weighted by Gasteiger charge is 2.45. The van der Waals surface area contributed by atoms with E-state index >= 15 is 0 Å². The van der Waals surface area contributed by atoms with Gasteiger partial charge in [0.15, 0.2) is 0 Å². The number of hydrogen-bond donors (Lipinski definition) is 4. The van der Waals surface area contributed by atoms with Gasteiger partial charge in [0.2, 0.25) is 11.8 Å². The Balaban J connectivity index is 3.32. The molecule has 0 aliphatic carbocycles. The van der Waals surface area contributed by atoms with Gasteiger partial charge in [-0.05, 0) is 25.3 Å². The number of ether oxygens (including phenoxy) is 2. The molecule has 1 rings (SSSR count). The quantitative estimate of drug-likeness (QED) is 0.130. The highest BCUT2D eigenvalue weighted by atomic mass is 19.4. The maximum Gasteiger partial charge on any atom is 0.490 e. The lowest BCUT2D eigenvalue weighted by molar-refractivity contribution is -0.205. The lowest BCUT2D eigenvalue weighted by Crippen LogP contribution is -2.60. The molecule has 0 aliphatic heterocycles. The van der Waals surface area contributed by atoms with E-state index in [1.807, 2.05) is 0 Å². The number of amides is 4. The number of nitrogens with one attached hydrogen (secondary N) is 4. The Kier molecular flexibility index (Phi) is 14.3. The van der Waals surface area contributed by atoms with E-state index in [-0.39, 0.29) is 6.42 Å². The van der Waals surface area contributed by atoms with Crippen molar-refractivity contribution in [2.75, 3.05) is 13.7 Å². The van der Waals surface area contributed by atoms with Crippen molar-refractivity contribution in [3.8, 4) is 0 Å². The summed E-state index contributed by atoms with van der Waals surface area (Å²) in [5.41, 5.74) is 0.433. The van der Waals surface area contributed by atoms with Crippen LogP contribution in [0.5, 0.6) is 0 Å². The molecule has 4 amide bonds. The zero-order valence-corrected chi connectivity index (χ0v) is 23.7. The zero-order valence-electron chi connectivity index (χ0n) is 23.7. The number of methoxy groups -OCH3 is 1. The summed E-state index contributed by atoms with van der Waals surface area (Å²) in [6, 6.07) is 1.50. The fourth-order valence-corrected chi connectivity index (χ4v) is 3.52. The van der Waals surface area contributed by atoms with E-state index in [1.165, 1.54) is 22.8 Å². The van der Waals surface area contributed by atoms with Gasteiger partial charge in [-0.25, -0.2) is 9.59 Å². The van der Waals surface area contributed by atoms with Crippen molar-refractivity contribution in [3.05, 3.63) is 35.9 Å². The van der Waals surface area contributed by atoms with Crippen LogP contribution in [0.1, 0.15) is 25.3 Å². The highest BCUT2D eigenvalue weighted by Crippen LogP contribution is 2.19. The third kappa shape index (κ3) is 13.2. The lowest BCUT2D eigenvalue weighted by Gasteiger charge is -2.28. The number of esters is 2. The van der Waals surface area contributed by atoms with Crippen LogP contribution in [0, 0.1) is 0 Å². The SMILES string of the molecule is COC(=O)[C@H](Cc1ccccc1)NC(=O)[C@@H](NC(=O)[C@H](CCCNC(=O)C(F)(F)F)NC(=O)C(F)(F)F)[C@@H](C)OC(=O)C(F)(F)F. The molecule has 4 N–H and O–H groups in total. The van der Waals surface area contributed by atoms with E-state index in [9.17, 15) is 68.3 Å². The molecular formula is C25H27F9N4O8. The smallest absolute Gasteiger partial charge is 0.467 e. The molecule has 12 nitrogen and oxygen atoms in total. The van der Waals surface area contributed by atoms with Crippen LogP contribution in [0.4, 0.5) is 39.5 Å². The van der Waals surface area contributed by atoms with Gasteiger partial charge in [-0.15, -0.1) is 0 Å². The van der Waals surface area contributed by atoms with E-state index in [0.717, 1.165) is 7.11 Å². The normalized spacial score (nSPS) is 14.5. The number of halogens is 9. The molecule has 0 unspecified atom stereocenters. The second-order valence-electron chi connectivity index (χ2n) is 9.29. The third-order valence-corrected chi connectivity index (χ3v) is 5.75. The predicted octanol–water partition coefficient (Wildman–Crippen LogP) is 1.37. The Morgan fingerprint density at radius 3 is 1.80 bits per heavy atom. The molecule has 0 heterocycles. The van der Waals surface area contributed by atoms with E-state index in [0.29, 0.717) is 12.5 Å². The van der Waals surface area contributed by atoms with Crippen molar-refractivity contribution in [3.63, 3.8) is 0 Å². The minimum absolute atomic E-state index is 0.273. The molecule has 4 atom stereocenters. The highest BCUT2D eigenvalue weighted by molar-refractivity contribution is 5.94. The molecule has 0 radical (unpaired) electrons. The van der Waals surface area contributed by atoms with Crippen molar-refractivity contribution in [1.82, 2.24) is 21.3 Å². The van der Waals surface area contributed by atoms with Crippen LogP contribution in [0.15, 0.2) is 30.3 Å². The van der Waals surface area contributed by atoms with Crippen LogP contribution in [0.25, 0.3) is 0 Å². The van der Waals surface area contributed by atoms with Crippen LogP contribution < -0.4 is 21.3 Å². The monoisotopic (exact) mass is 682 g/mol. The number of hydrogen-bond acceptors (Lipinski definition) is 8. The number of carbonyl (C=O) groups is 6. The minimum atomic E-state index is -5.61. The van der Waals surface area contributed by atoms with E-state index in [4.69, 9.17) is 0 Å². The lowest BCUT2D eigenvalue weighted by atomic mass is 10.0. The maximum atomic E-state index is 13.2. The molecule has 1 aromatic carbocycles. The largest absolute Gasteiger partial charge is 0.490 e. The van der Waals surface area contributed by atoms with Crippen LogP contribution in [-0.4, -0.2) is 92.0 Å². The summed E-state index contributed by atoms with van der Waals surface area (Å²) in [7, 11) is 0.921. The Bertz CT molecular complexity index is 1240. The molecule has 46 heavy (non-hydrogen) atoms.